The Kier molecular flexibility index (Phi) is 6.13. The van der Waals surface area contributed by atoms with Gasteiger partial charge in [-0.25, -0.2) is 4.39 Å². The fraction of sp³-hybridized carbons (Fsp3) is 0.174. The molecule has 0 atom stereocenters. The number of nitro benzene ring substituents is 1. The van der Waals surface area contributed by atoms with Crippen LogP contribution in [0.4, 0.5) is 16.0 Å². The summed E-state index contributed by atoms with van der Waals surface area (Å²) in [6, 6.07) is 13.5. The molecule has 1 aliphatic heterocycles. The van der Waals surface area contributed by atoms with Gasteiger partial charge in [0.2, 0.25) is 17.5 Å². The van der Waals surface area contributed by atoms with Crippen LogP contribution in [0.1, 0.15) is 27.5 Å². The van der Waals surface area contributed by atoms with Gasteiger partial charge in [0.25, 0.3) is 11.6 Å². The Morgan fingerprint density at radius 2 is 1.88 bits per heavy atom. The van der Waals surface area contributed by atoms with Crippen molar-refractivity contribution in [1.82, 2.24) is 9.88 Å². The van der Waals surface area contributed by atoms with Crippen LogP contribution in [0.25, 0.3) is 12.2 Å². The molecule has 0 spiro atoms. The quantitative estimate of drug-likeness (QED) is 0.432. The Hall–Kier alpha value is -4.52. The zero-order chi connectivity index (χ0) is 23.4. The number of nitro groups is 1. The maximum atomic E-state index is 13.1. The van der Waals surface area contributed by atoms with E-state index in [0.29, 0.717) is 43.2 Å². The SMILES string of the molecule is N#Cc1nc(/C=C/c2cccc([N+](=O)[O-])c2)oc1N1CCN(C(=O)c2ccc(F)cc2)CC1. The van der Waals surface area contributed by atoms with Gasteiger partial charge in [-0.2, -0.15) is 10.2 Å². The first-order valence-corrected chi connectivity index (χ1v) is 10.1. The summed E-state index contributed by atoms with van der Waals surface area (Å²) in [6.45, 7) is 1.68. The topological polar surface area (TPSA) is 117 Å². The van der Waals surface area contributed by atoms with Gasteiger partial charge in [0.05, 0.1) is 4.92 Å². The number of oxazole rings is 1. The van der Waals surface area contributed by atoms with Crippen molar-refractivity contribution in [2.45, 2.75) is 0 Å². The fourth-order valence-electron chi connectivity index (χ4n) is 3.48. The molecule has 10 heteroatoms. The number of piperazine rings is 1. The number of hydrogen-bond acceptors (Lipinski definition) is 7. The summed E-state index contributed by atoms with van der Waals surface area (Å²) in [5, 5.41) is 20.4. The molecule has 0 radical (unpaired) electrons. The first kappa shape index (κ1) is 21.7. The summed E-state index contributed by atoms with van der Waals surface area (Å²) in [4.78, 5) is 30.7. The predicted molar refractivity (Wildman–Crippen MR) is 118 cm³/mol. The number of carbonyl (C=O) groups is 1. The van der Waals surface area contributed by atoms with E-state index in [1.807, 2.05) is 11.0 Å². The Labute approximate surface area is 188 Å². The van der Waals surface area contributed by atoms with Crippen molar-refractivity contribution in [3.63, 3.8) is 0 Å². The Morgan fingerprint density at radius 1 is 1.15 bits per heavy atom. The largest absolute Gasteiger partial charge is 0.420 e. The van der Waals surface area contributed by atoms with Crippen LogP contribution in [0, 0.1) is 27.3 Å². The molecule has 0 N–H and O–H groups in total. The number of halogens is 1. The number of aromatic nitrogens is 1. The first-order valence-electron chi connectivity index (χ1n) is 10.1. The molecule has 3 aromatic rings. The van der Waals surface area contributed by atoms with Crippen LogP contribution in [0.5, 0.6) is 0 Å². The van der Waals surface area contributed by atoms with Gasteiger partial charge in [-0.15, -0.1) is 0 Å². The van der Waals surface area contributed by atoms with Gasteiger partial charge in [0, 0.05) is 50.0 Å². The molecule has 1 amide bonds. The van der Waals surface area contributed by atoms with Gasteiger partial charge in [-0.3, -0.25) is 14.9 Å². The highest BCUT2D eigenvalue weighted by Gasteiger charge is 2.26. The molecule has 0 saturated carbocycles. The number of amides is 1. The molecule has 1 aromatic heterocycles. The minimum atomic E-state index is -0.477. The van der Waals surface area contributed by atoms with Crippen LogP contribution < -0.4 is 4.90 Å². The maximum absolute atomic E-state index is 13.1. The number of anilines is 1. The van der Waals surface area contributed by atoms with Gasteiger partial charge < -0.3 is 14.2 Å². The van der Waals surface area contributed by atoms with E-state index in [1.54, 1.807) is 23.1 Å². The van der Waals surface area contributed by atoms with E-state index < -0.39 is 10.7 Å². The molecule has 9 nitrogen and oxygen atoms in total. The summed E-state index contributed by atoms with van der Waals surface area (Å²) in [5.41, 5.74) is 1.09. The van der Waals surface area contributed by atoms with Crippen molar-refractivity contribution in [2.75, 3.05) is 31.1 Å². The number of benzene rings is 2. The van der Waals surface area contributed by atoms with Crippen molar-refractivity contribution in [3.8, 4) is 6.07 Å². The molecule has 2 aromatic carbocycles. The minimum absolute atomic E-state index is 0.0315. The van der Waals surface area contributed by atoms with Gasteiger partial charge in [0.1, 0.15) is 11.9 Å². The highest BCUT2D eigenvalue weighted by atomic mass is 19.1. The number of nitriles is 1. The molecule has 0 bridgehead atoms. The van der Waals surface area contributed by atoms with Crippen molar-refractivity contribution < 1.29 is 18.5 Å². The minimum Gasteiger partial charge on any atom is -0.420 e. The van der Waals surface area contributed by atoms with E-state index in [0.717, 1.165) is 0 Å². The molecular weight excluding hydrogens is 429 g/mol. The molecule has 2 heterocycles. The summed E-state index contributed by atoms with van der Waals surface area (Å²) in [7, 11) is 0. The lowest BCUT2D eigenvalue weighted by atomic mass is 10.2. The van der Waals surface area contributed by atoms with Crippen molar-refractivity contribution >= 4 is 29.6 Å². The Bertz CT molecular complexity index is 1250. The second-order valence-electron chi connectivity index (χ2n) is 7.29. The van der Waals surface area contributed by atoms with E-state index in [4.69, 9.17) is 4.42 Å². The van der Waals surface area contributed by atoms with Gasteiger partial charge in [-0.1, -0.05) is 12.1 Å². The molecule has 1 saturated heterocycles. The van der Waals surface area contributed by atoms with Gasteiger partial charge >= 0.3 is 0 Å². The third-order valence-electron chi connectivity index (χ3n) is 5.18. The summed E-state index contributed by atoms with van der Waals surface area (Å²) < 4.78 is 18.9. The highest BCUT2D eigenvalue weighted by molar-refractivity contribution is 5.94. The smallest absolute Gasteiger partial charge is 0.270 e. The van der Waals surface area contributed by atoms with Gasteiger partial charge in [0.15, 0.2) is 0 Å². The molecule has 166 valence electrons. The van der Waals surface area contributed by atoms with E-state index in [1.165, 1.54) is 42.5 Å². The lowest BCUT2D eigenvalue weighted by Crippen LogP contribution is -2.48. The number of carbonyl (C=O) groups excluding carboxylic acids is 1. The Morgan fingerprint density at radius 3 is 2.55 bits per heavy atom. The van der Waals surface area contributed by atoms with E-state index >= 15 is 0 Å². The molecule has 1 aliphatic rings. The normalized spacial score (nSPS) is 13.8. The maximum Gasteiger partial charge on any atom is 0.270 e. The van der Waals surface area contributed by atoms with Crippen molar-refractivity contribution in [3.05, 3.63) is 87.2 Å². The molecule has 4 rings (SSSR count). The summed E-state index contributed by atoms with van der Waals surface area (Å²) in [6.07, 6.45) is 3.15. The lowest BCUT2D eigenvalue weighted by Gasteiger charge is -2.34. The van der Waals surface area contributed by atoms with Gasteiger partial charge in [-0.05, 0) is 35.9 Å². The zero-order valence-corrected chi connectivity index (χ0v) is 17.3. The third kappa shape index (κ3) is 4.88. The lowest BCUT2D eigenvalue weighted by molar-refractivity contribution is -0.384. The van der Waals surface area contributed by atoms with Crippen LogP contribution in [0.2, 0.25) is 0 Å². The molecule has 33 heavy (non-hydrogen) atoms. The molecular formula is C23H18FN5O4. The number of non-ortho nitro benzene ring substituents is 1. The average molecular weight is 447 g/mol. The van der Waals surface area contributed by atoms with Crippen LogP contribution in [-0.2, 0) is 0 Å². The second kappa shape index (κ2) is 9.32. The third-order valence-corrected chi connectivity index (χ3v) is 5.18. The zero-order valence-electron chi connectivity index (χ0n) is 17.3. The summed E-state index contributed by atoms with van der Waals surface area (Å²) in [5.74, 6) is -0.0858. The molecule has 0 aliphatic carbocycles. The first-order chi connectivity index (χ1) is 15.9. The fourth-order valence-corrected chi connectivity index (χ4v) is 3.48. The van der Waals surface area contributed by atoms with Crippen LogP contribution in [0.15, 0.2) is 52.9 Å². The monoisotopic (exact) mass is 447 g/mol. The average Bonchev–Trinajstić information content (AvgIpc) is 3.26. The standard InChI is InChI=1S/C23H18FN5O4/c24-18-7-5-17(6-8-18)22(30)27-10-12-28(13-11-27)23-20(15-25)26-21(33-23)9-4-16-2-1-3-19(14-16)29(31)32/h1-9,14H,10-13H2/b9-4+. The predicted octanol–water partition coefficient (Wildman–Crippen LogP) is 3.73. The number of nitrogens with zero attached hydrogens (tertiary/aromatic N) is 5. The second-order valence-corrected chi connectivity index (χ2v) is 7.29. The van der Waals surface area contributed by atoms with E-state index in [2.05, 4.69) is 4.98 Å². The van der Waals surface area contributed by atoms with Crippen LogP contribution in [0.3, 0.4) is 0 Å². The number of hydrogen-bond donors (Lipinski definition) is 0. The highest BCUT2D eigenvalue weighted by Crippen LogP contribution is 2.25. The molecule has 1 fully saturated rings. The van der Waals surface area contributed by atoms with E-state index in [9.17, 15) is 24.6 Å². The molecule has 0 unspecified atom stereocenters. The van der Waals surface area contributed by atoms with Crippen LogP contribution in [-0.4, -0.2) is 46.9 Å². The van der Waals surface area contributed by atoms with Crippen LogP contribution >= 0.6 is 0 Å². The Balaban J connectivity index is 1.44. The van der Waals surface area contributed by atoms with E-state index in [-0.39, 0.29) is 23.2 Å². The summed E-state index contributed by atoms with van der Waals surface area (Å²) >= 11 is 0. The number of rotatable bonds is 5. The van der Waals surface area contributed by atoms with Crippen molar-refractivity contribution in [2.24, 2.45) is 0 Å². The van der Waals surface area contributed by atoms with Crippen molar-refractivity contribution in [1.29, 1.82) is 5.26 Å².